The molecule has 0 heterocycles. The van der Waals surface area contributed by atoms with Crippen molar-refractivity contribution in [2.45, 2.75) is 19.4 Å². The topological polar surface area (TPSA) is 38.0 Å². The number of unbranched alkanes of at least 4 members (excludes halogenated alkanes) is 1. The molecule has 0 aliphatic carbocycles. The SMILES string of the molecule is NCCCCNCc1ccc(F)cc1. The van der Waals surface area contributed by atoms with Gasteiger partial charge in [-0.1, -0.05) is 12.1 Å². The van der Waals surface area contributed by atoms with Gasteiger partial charge in [-0.2, -0.15) is 0 Å². The second-order valence-electron chi connectivity index (χ2n) is 3.30. The molecule has 0 amide bonds. The van der Waals surface area contributed by atoms with E-state index in [4.69, 9.17) is 5.73 Å². The molecule has 0 aromatic heterocycles. The molecule has 1 rings (SSSR count). The van der Waals surface area contributed by atoms with E-state index in [9.17, 15) is 4.39 Å². The molecule has 0 aliphatic rings. The van der Waals surface area contributed by atoms with Gasteiger partial charge in [0.05, 0.1) is 0 Å². The zero-order valence-corrected chi connectivity index (χ0v) is 8.30. The molecule has 0 saturated carbocycles. The van der Waals surface area contributed by atoms with Crippen molar-refractivity contribution in [2.24, 2.45) is 5.73 Å². The first kappa shape index (κ1) is 11.1. The summed E-state index contributed by atoms with van der Waals surface area (Å²) < 4.78 is 12.5. The van der Waals surface area contributed by atoms with Crippen LogP contribution in [0.2, 0.25) is 0 Å². The molecule has 3 heteroatoms. The Morgan fingerprint density at radius 1 is 1.14 bits per heavy atom. The van der Waals surface area contributed by atoms with Crippen LogP contribution in [0.1, 0.15) is 18.4 Å². The largest absolute Gasteiger partial charge is 0.330 e. The molecule has 0 fully saturated rings. The highest BCUT2D eigenvalue weighted by Crippen LogP contribution is 2.01. The molecule has 2 nitrogen and oxygen atoms in total. The summed E-state index contributed by atoms with van der Waals surface area (Å²) in [7, 11) is 0. The molecule has 0 unspecified atom stereocenters. The number of hydrogen-bond donors (Lipinski definition) is 2. The maximum Gasteiger partial charge on any atom is 0.123 e. The van der Waals surface area contributed by atoms with Gasteiger partial charge >= 0.3 is 0 Å². The Hall–Kier alpha value is -0.930. The van der Waals surface area contributed by atoms with Gasteiger partial charge in [-0.15, -0.1) is 0 Å². The van der Waals surface area contributed by atoms with Gasteiger partial charge in [0.1, 0.15) is 5.82 Å². The molecule has 0 aliphatic heterocycles. The van der Waals surface area contributed by atoms with Gasteiger partial charge < -0.3 is 11.1 Å². The smallest absolute Gasteiger partial charge is 0.123 e. The first-order valence-electron chi connectivity index (χ1n) is 4.98. The summed E-state index contributed by atoms with van der Waals surface area (Å²) in [6, 6.07) is 6.56. The number of benzene rings is 1. The molecule has 14 heavy (non-hydrogen) atoms. The zero-order valence-electron chi connectivity index (χ0n) is 8.30. The number of halogens is 1. The predicted octanol–water partition coefficient (Wildman–Crippen LogP) is 1.65. The fourth-order valence-electron chi connectivity index (χ4n) is 1.23. The van der Waals surface area contributed by atoms with Crippen LogP contribution in [-0.4, -0.2) is 13.1 Å². The molecule has 1 aromatic rings. The van der Waals surface area contributed by atoms with E-state index in [2.05, 4.69) is 5.32 Å². The molecule has 1 aromatic carbocycles. The number of nitrogens with two attached hydrogens (primary N) is 1. The Bertz CT molecular complexity index is 246. The highest BCUT2D eigenvalue weighted by Gasteiger charge is 1.93. The number of nitrogens with one attached hydrogen (secondary N) is 1. The normalized spacial score (nSPS) is 10.4. The third kappa shape index (κ3) is 4.35. The fourth-order valence-corrected chi connectivity index (χ4v) is 1.23. The van der Waals surface area contributed by atoms with Gasteiger partial charge in [-0.3, -0.25) is 0 Å². The monoisotopic (exact) mass is 196 g/mol. The molecule has 3 N–H and O–H groups in total. The van der Waals surface area contributed by atoms with Crippen LogP contribution in [0.3, 0.4) is 0 Å². The van der Waals surface area contributed by atoms with E-state index in [1.165, 1.54) is 12.1 Å². The molecule has 0 radical (unpaired) electrons. The van der Waals surface area contributed by atoms with Crippen molar-refractivity contribution >= 4 is 0 Å². The van der Waals surface area contributed by atoms with Crippen LogP contribution >= 0.6 is 0 Å². The Labute approximate surface area is 84.3 Å². The van der Waals surface area contributed by atoms with Crippen LogP contribution in [0, 0.1) is 5.82 Å². The summed E-state index contributed by atoms with van der Waals surface area (Å²) in [5, 5.41) is 3.28. The van der Waals surface area contributed by atoms with E-state index in [1.807, 2.05) is 0 Å². The van der Waals surface area contributed by atoms with Crippen LogP contribution in [0.25, 0.3) is 0 Å². The second-order valence-corrected chi connectivity index (χ2v) is 3.30. The molecule has 0 atom stereocenters. The maximum absolute atomic E-state index is 12.5. The van der Waals surface area contributed by atoms with Gasteiger partial charge in [0.25, 0.3) is 0 Å². The quantitative estimate of drug-likeness (QED) is 0.679. The second kappa shape index (κ2) is 6.51. The van der Waals surface area contributed by atoms with Crippen LogP contribution in [0.15, 0.2) is 24.3 Å². The average Bonchev–Trinajstić information content (AvgIpc) is 2.21. The Balaban J connectivity index is 2.15. The summed E-state index contributed by atoms with van der Waals surface area (Å²) >= 11 is 0. The highest BCUT2D eigenvalue weighted by atomic mass is 19.1. The van der Waals surface area contributed by atoms with Gasteiger partial charge in [-0.05, 0) is 43.6 Å². The van der Waals surface area contributed by atoms with E-state index >= 15 is 0 Å². The van der Waals surface area contributed by atoms with Crippen LogP contribution in [0.5, 0.6) is 0 Å². The van der Waals surface area contributed by atoms with Crippen molar-refractivity contribution in [3.8, 4) is 0 Å². The van der Waals surface area contributed by atoms with Gasteiger partial charge in [0.15, 0.2) is 0 Å². The molecule has 0 bridgehead atoms. The zero-order chi connectivity index (χ0) is 10.2. The molecular formula is C11H17FN2. The maximum atomic E-state index is 12.5. The first-order valence-corrected chi connectivity index (χ1v) is 4.98. The van der Waals surface area contributed by atoms with Crippen molar-refractivity contribution < 1.29 is 4.39 Å². The standard InChI is InChI=1S/C11H17FN2/c12-11-5-3-10(4-6-11)9-14-8-2-1-7-13/h3-6,14H,1-2,7-9,13H2. The van der Waals surface area contributed by atoms with Crippen molar-refractivity contribution in [2.75, 3.05) is 13.1 Å². The van der Waals surface area contributed by atoms with E-state index in [-0.39, 0.29) is 5.82 Å². The first-order chi connectivity index (χ1) is 6.83. The van der Waals surface area contributed by atoms with E-state index < -0.39 is 0 Å². The van der Waals surface area contributed by atoms with E-state index in [0.717, 1.165) is 38.0 Å². The summed E-state index contributed by atoms with van der Waals surface area (Å²) in [5.41, 5.74) is 6.48. The Morgan fingerprint density at radius 2 is 1.86 bits per heavy atom. The lowest BCUT2D eigenvalue weighted by Crippen LogP contribution is -2.15. The van der Waals surface area contributed by atoms with Crippen molar-refractivity contribution in [1.82, 2.24) is 5.32 Å². The lowest BCUT2D eigenvalue weighted by Gasteiger charge is -2.03. The molecule has 0 saturated heterocycles. The summed E-state index contributed by atoms with van der Waals surface area (Å²) in [6.07, 6.45) is 2.15. The number of hydrogen-bond acceptors (Lipinski definition) is 2. The van der Waals surface area contributed by atoms with Gasteiger partial charge in [0.2, 0.25) is 0 Å². The highest BCUT2D eigenvalue weighted by molar-refractivity contribution is 5.15. The lowest BCUT2D eigenvalue weighted by molar-refractivity contribution is 0.617. The van der Waals surface area contributed by atoms with Gasteiger partial charge in [-0.25, -0.2) is 4.39 Å². The minimum Gasteiger partial charge on any atom is -0.330 e. The van der Waals surface area contributed by atoms with E-state index in [0.29, 0.717) is 0 Å². The third-order valence-electron chi connectivity index (χ3n) is 2.05. The molecule has 0 spiro atoms. The summed E-state index contributed by atoms with van der Waals surface area (Å²) in [6.45, 7) is 2.51. The van der Waals surface area contributed by atoms with Crippen LogP contribution in [0.4, 0.5) is 4.39 Å². The average molecular weight is 196 g/mol. The fraction of sp³-hybridized carbons (Fsp3) is 0.455. The lowest BCUT2D eigenvalue weighted by atomic mass is 10.2. The van der Waals surface area contributed by atoms with Crippen LogP contribution < -0.4 is 11.1 Å². The molecule has 78 valence electrons. The Morgan fingerprint density at radius 3 is 2.50 bits per heavy atom. The van der Waals surface area contributed by atoms with Crippen LogP contribution in [-0.2, 0) is 6.54 Å². The Kier molecular flexibility index (Phi) is 5.19. The van der Waals surface area contributed by atoms with Gasteiger partial charge in [0, 0.05) is 6.54 Å². The van der Waals surface area contributed by atoms with Crippen molar-refractivity contribution in [3.63, 3.8) is 0 Å². The summed E-state index contributed by atoms with van der Waals surface area (Å²) in [4.78, 5) is 0. The minimum atomic E-state index is -0.183. The number of rotatable bonds is 6. The van der Waals surface area contributed by atoms with Crippen molar-refractivity contribution in [3.05, 3.63) is 35.6 Å². The van der Waals surface area contributed by atoms with E-state index in [1.54, 1.807) is 12.1 Å². The third-order valence-corrected chi connectivity index (χ3v) is 2.05. The molecular weight excluding hydrogens is 179 g/mol. The summed E-state index contributed by atoms with van der Waals surface area (Å²) in [5.74, 6) is -0.183. The van der Waals surface area contributed by atoms with Crippen molar-refractivity contribution in [1.29, 1.82) is 0 Å². The predicted molar refractivity (Wildman–Crippen MR) is 56.4 cm³/mol. The minimum absolute atomic E-state index is 0.183.